The van der Waals surface area contributed by atoms with Gasteiger partial charge in [-0.1, -0.05) is 97.1 Å². The van der Waals surface area contributed by atoms with Gasteiger partial charge in [-0.25, -0.2) is 0 Å². The van der Waals surface area contributed by atoms with E-state index < -0.39 is 0 Å². The first kappa shape index (κ1) is 23.4. The third kappa shape index (κ3) is 4.16. The van der Waals surface area contributed by atoms with Crippen LogP contribution in [0.15, 0.2) is 134 Å². The summed E-state index contributed by atoms with van der Waals surface area (Å²) in [6.07, 6.45) is 8.25. The molecule has 0 aliphatic heterocycles. The quantitative estimate of drug-likeness (QED) is 0.257. The number of nitrogens with one attached hydrogen (secondary N) is 1. The summed E-state index contributed by atoms with van der Waals surface area (Å²) in [4.78, 5) is 13.3. The minimum atomic E-state index is 0.956. The summed E-state index contributed by atoms with van der Waals surface area (Å²) in [6, 6.07) is 42.6. The van der Waals surface area contributed by atoms with Gasteiger partial charge in [0.15, 0.2) is 0 Å². The summed E-state index contributed by atoms with van der Waals surface area (Å²) in [5.74, 6) is 0. The molecular formula is C38H25N3. The van der Waals surface area contributed by atoms with Crippen molar-refractivity contribution in [1.82, 2.24) is 15.0 Å². The second-order valence-electron chi connectivity index (χ2n) is 10.4. The van der Waals surface area contributed by atoms with E-state index in [1.54, 1.807) is 0 Å². The van der Waals surface area contributed by atoms with Gasteiger partial charge < -0.3 is 4.98 Å². The van der Waals surface area contributed by atoms with Crippen molar-refractivity contribution in [1.29, 1.82) is 0 Å². The Hall–Kier alpha value is -5.54. The molecule has 0 bridgehead atoms. The van der Waals surface area contributed by atoms with Crippen LogP contribution in [-0.4, -0.2) is 15.0 Å². The van der Waals surface area contributed by atoms with Gasteiger partial charge in [0.1, 0.15) is 0 Å². The number of rotatable bonds is 3. The molecular weight excluding hydrogens is 498 g/mol. The first-order valence-electron chi connectivity index (χ1n) is 13.8. The molecule has 3 aromatic heterocycles. The molecule has 0 atom stereocenters. The van der Waals surface area contributed by atoms with Crippen molar-refractivity contribution in [3.63, 3.8) is 0 Å². The normalized spacial score (nSPS) is 12.7. The van der Waals surface area contributed by atoms with E-state index in [9.17, 15) is 0 Å². The fraction of sp³-hybridized carbons (Fsp3) is 0. The lowest BCUT2D eigenvalue weighted by molar-refractivity contribution is 1.26. The lowest BCUT2D eigenvalue weighted by Gasteiger charge is -2.09. The molecule has 0 amide bonds. The molecule has 8 rings (SSSR count). The molecule has 3 heterocycles. The Bertz CT molecular complexity index is 2380. The minimum Gasteiger partial charge on any atom is -0.354 e. The number of pyridine rings is 2. The second-order valence-corrected chi connectivity index (χ2v) is 10.4. The predicted molar refractivity (Wildman–Crippen MR) is 171 cm³/mol. The predicted octanol–water partition coefficient (Wildman–Crippen LogP) is 7.74. The topological polar surface area (TPSA) is 41.6 Å². The summed E-state index contributed by atoms with van der Waals surface area (Å²) in [7, 11) is 0. The molecule has 41 heavy (non-hydrogen) atoms. The van der Waals surface area contributed by atoms with Gasteiger partial charge in [-0.2, -0.15) is 0 Å². The Morgan fingerprint density at radius 1 is 0.488 bits per heavy atom. The highest BCUT2D eigenvalue weighted by Crippen LogP contribution is 2.31. The largest absolute Gasteiger partial charge is 0.354 e. The van der Waals surface area contributed by atoms with Crippen LogP contribution in [0.25, 0.3) is 66.5 Å². The van der Waals surface area contributed by atoms with Crippen LogP contribution < -0.4 is 10.7 Å². The van der Waals surface area contributed by atoms with Crippen LogP contribution in [0.2, 0.25) is 0 Å². The van der Waals surface area contributed by atoms with E-state index in [1.807, 2.05) is 12.4 Å². The van der Waals surface area contributed by atoms with Gasteiger partial charge in [-0.3, -0.25) is 9.97 Å². The molecule has 0 fully saturated rings. The van der Waals surface area contributed by atoms with Gasteiger partial charge in [-0.05, 0) is 63.5 Å². The third-order valence-electron chi connectivity index (χ3n) is 7.86. The smallest absolute Gasteiger partial charge is 0.0728 e. The number of H-pyrrole nitrogens is 1. The van der Waals surface area contributed by atoms with Crippen LogP contribution in [-0.2, 0) is 0 Å². The minimum absolute atomic E-state index is 0.956. The third-order valence-corrected chi connectivity index (χ3v) is 7.86. The van der Waals surface area contributed by atoms with E-state index in [-0.39, 0.29) is 0 Å². The lowest BCUT2D eigenvalue weighted by atomic mass is 9.97. The fourth-order valence-corrected chi connectivity index (χ4v) is 5.88. The summed E-state index contributed by atoms with van der Waals surface area (Å²) in [5.41, 5.74) is 4.18. The SMILES string of the molecule is C(c1cc(-c2cc3ccccc3cn2)c2ccccc2c1)=c1[nH]c(=Cc2nccc3ccccc23)c2ccccc12. The van der Waals surface area contributed by atoms with Gasteiger partial charge in [-0.15, -0.1) is 0 Å². The molecule has 8 aromatic rings. The molecule has 3 heteroatoms. The molecule has 3 nitrogen and oxygen atoms in total. The van der Waals surface area contributed by atoms with Gasteiger partial charge in [0.25, 0.3) is 0 Å². The van der Waals surface area contributed by atoms with Crippen molar-refractivity contribution >= 4 is 55.2 Å². The van der Waals surface area contributed by atoms with Crippen LogP contribution in [0.5, 0.6) is 0 Å². The van der Waals surface area contributed by atoms with Crippen LogP contribution in [0, 0.1) is 0 Å². The van der Waals surface area contributed by atoms with E-state index in [4.69, 9.17) is 9.97 Å². The average Bonchev–Trinajstić information content (AvgIpc) is 3.37. The summed E-state index contributed by atoms with van der Waals surface area (Å²) < 4.78 is 0. The van der Waals surface area contributed by atoms with Gasteiger partial charge in [0.2, 0.25) is 0 Å². The van der Waals surface area contributed by atoms with Crippen molar-refractivity contribution in [2.75, 3.05) is 0 Å². The van der Waals surface area contributed by atoms with Gasteiger partial charge in [0, 0.05) is 50.2 Å². The Morgan fingerprint density at radius 3 is 1.93 bits per heavy atom. The molecule has 0 unspecified atom stereocenters. The fourth-order valence-electron chi connectivity index (χ4n) is 5.88. The maximum Gasteiger partial charge on any atom is 0.0728 e. The lowest BCUT2D eigenvalue weighted by Crippen LogP contribution is -2.10. The Balaban J connectivity index is 1.35. The summed E-state index contributed by atoms with van der Waals surface area (Å²) >= 11 is 0. The van der Waals surface area contributed by atoms with E-state index in [0.717, 1.165) is 44.0 Å². The number of hydrogen-bond acceptors (Lipinski definition) is 2. The molecule has 0 aliphatic carbocycles. The van der Waals surface area contributed by atoms with E-state index in [1.165, 1.54) is 32.3 Å². The van der Waals surface area contributed by atoms with Gasteiger partial charge >= 0.3 is 0 Å². The number of aromatic nitrogens is 3. The number of nitrogens with zero attached hydrogens (tertiary/aromatic N) is 2. The zero-order valence-corrected chi connectivity index (χ0v) is 22.3. The molecule has 0 saturated heterocycles. The highest BCUT2D eigenvalue weighted by molar-refractivity contribution is 5.99. The summed E-state index contributed by atoms with van der Waals surface area (Å²) in [6.45, 7) is 0. The average molecular weight is 524 g/mol. The Kier molecular flexibility index (Phi) is 5.46. The standard InChI is InChI=1S/C38H25N3/c1-2-12-29-24-40-35(22-27(29)10-1)34-20-25(19-28-11-4-5-13-30(28)34)21-37-32-15-7-8-16-33(32)38(41-37)23-36-31-14-6-3-9-26(31)17-18-39-36/h1-24,41H. The first-order valence-corrected chi connectivity index (χ1v) is 13.8. The van der Waals surface area contributed by atoms with E-state index in [2.05, 4.69) is 138 Å². The number of fused-ring (bicyclic) bond motifs is 4. The molecule has 0 saturated carbocycles. The number of benzene rings is 5. The van der Waals surface area contributed by atoms with E-state index >= 15 is 0 Å². The van der Waals surface area contributed by atoms with Gasteiger partial charge in [0.05, 0.1) is 11.4 Å². The highest BCUT2D eigenvalue weighted by Gasteiger charge is 2.09. The van der Waals surface area contributed by atoms with Crippen molar-refractivity contribution in [3.05, 3.63) is 156 Å². The molecule has 0 radical (unpaired) electrons. The highest BCUT2D eigenvalue weighted by atomic mass is 14.7. The molecule has 192 valence electrons. The zero-order valence-electron chi connectivity index (χ0n) is 22.3. The molecule has 5 aromatic carbocycles. The second kappa shape index (κ2) is 9.58. The first-order chi connectivity index (χ1) is 20.3. The Labute approximate surface area is 236 Å². The van der Waals surface area contributed by atoms with Crippen LogP contribution in [0.4, 0.5) is 0 Å². The maximum absolute atomic E-state index is 4.87. The monoisotopic (exact) mass is 523 g/mol. The molecule has 0 spiro atoms. The van der Waals surface area contributed by atoms with Crippen molar-refractivity contribution in [2.45, 2.75) is 0 Å². The van der Waals surface area contributed by atoms with Crippen LogP contribution in [0.3, 0.4) is 0 Å². The van der Waals surface area contributed by atoms with E-state index in [0.29, 0.717) is 0 Å². The molecule has 0 aliphatic rings. The van der Waals surface area contributed by atoms with Crippen molar-refractivity contribution < 1.29 is 0 Å². The molecule has 1 N–H and O–H groups in total. The van der Waals surface area contributed by atoms with Crippen molar-refractivity contribution in [3.8, 4) is 11.3 Å². The number of hydrogen-bond donors (Lipinski definition) is 1. The summed E-state index contributed by atoms with van der Waals surface area (Å²) in [5, 5.41) is 11.5. The number of aromatic amines is 1. The van der Waals surface area contributed by atoms with Crippen molar-refractivity contribution in [2.24, 2.45) is 0 Å². The maximum atomic E-state index is 4.87. The van der Waals surface area contributed by atoms with Crippen LogP contribution in [0.1, 0.15) is 11.3 Å². The Morgan fingerprint density at radius 2 is 1.12 bits per heavy atom. The van der Waals surface area contributed by atoms with Crippen LogP contribution >= 0.6 is 0 Å². The zero-order chi connectivity index (χ0) is 27.2.